The first-order valence-corrected chi connectivity index (χ1v) is 7.16. The first kappa shape index (κ1) is 14.9. The second kappa shape index (κ2) is 5.88. The highest BCUT2D eigenvalue weighted by atomic mass is 79.9. The summed E-state index contributed by atoms with van der Waals surface area (Å²) in [4.78, 5) is 22.3. The normalized spacial score (nSPS) is 16.9. The molecular formula is C13H15BrN2O4. The van der Waals surface area contributed by atoms with E-state index in [1.807, 2.05) is 0 Å². The van der Waals surface area contributed by atoms with E-state index < -0.39 is 16.4 Å². The van der Waals surface area contributed by atoms with Gasteiger partial charge in [0.05, 0.1) is 16.1 Å². The predicted octanol–water partition coefficient (Wildman–Crippen LogP) is 2.39. The molecule has 0 saturated heterocycles. The first-order valence-electron chi connectivity index (χ1n) is 6.36. The number of aliphatic hydroxyl groups is 1. The summed E-state index contributed by atoms with van der Waals surface area (Å²) < 4.78 is 0.154. The second-order valence-corrected chi connectivity index (χ2v) is 5.80. The fraction of sp³-hybridized carbons (Fsp3) is 0.462. The van der Waals surface area contributed by atoms with Crippen LogP contribution in [0.2, 0.25) is 0 Å². The van der Waals surface area contributed by atoms with Gasteiger partial charge in [-0.2, -0.15) is 0 Å². The number of carbonyl (C=O) groups excluding carboxylic acids is 1. The number of rotatable bonds is 4. The molecule has 2 N–H and O–H groups in total. The average Bonchev–Trinajstić information content (AvgIpc) is 2.83. The number of nitro groups is 1. The Morgan fingerprint density at radius 3 is 2.70 bits per heavy atom. The van der Waals surface area contributed by atoms with Gasteiger partial charge in [0.25, 0.3) is 11.6 Å². The second-order valence-electron chi connectivity index (χ2n) is 5.01. The standard InChI is InChI=1S/C13H15BrN2O4/c14-11-9(4-3-5-10(11)16(19)20)12(17)15-8-13(18)6-1-2-7-13/h3-5,18H,1-2,6-8H2,(H,15,17). The number of hydrogen-bond donors (Lipinski definition) is 2. The van der Waals surface area contributed by atoms with Gasteiger partial charge in [-0.3, -0.25) is 14.9 Å². The summed E-state index contributed by atoms with van der Waals surface area (Å²) >= 11 is 3.08. The number of nitro benzene ring substituents is 1. The van der Waals surface area contributed by atoms with Crippen molar-refractivity contribution in [3.8, 4) is 0 Å². The van der Waals surface area contributed by atoms with Crippen LogP contribution in [0.4, 0.5) is 5.69 Å². The summed E-state index contributed by atoms with van der Waals surface area (Å²) in [6, 6.07) is 4.29. The number of nitrogens with one attached hydrogen (secondary N) is 1. The van der Waals surface area contributed by atoms with Crippen LogP contribution in [0.3, 0.4) is 0 Å². The maximum atomic E-state index is 12.1. The van der Waals surface area contributed by atoms with Gasteiger partial charge in [-0.25, -0.2) is 0 Å². The molecule has 0 spiro atoms. The van der Waals surface area contributed by atoms with Crippen molar-refractivity contribution in [2.75, 3.05) is 6.54 Å². The molecule has 1 amide bonds. The fourth-order valence-electron chi connectivity index (χ4n) is 2.39. The van der Waals surface area contributed by atoms with Crippen molar-refractivity contribution in [3.05, 3.63) is 38.3 Å². The molecular weight excluding hydrogens is 328 g/mol. The zero-order valence-electron chi connectivity index (χ0n) is 10.8. The highest BCUT2D eigenvalue weighted by molar-refractivity contribution is 9.10. The molecule has 1 aromatic carbocycles. The SMILES string of the molecule is O=C(NCC1(O)CCCC1)c1cccc([N+](=O)[O-])c1Br. The number of halogens is 1. The van der Waals surface area contributed by atoms with E-state index in [2.05, 4.69) is 21.2 Å². The molecule has 2 rings (SSSR count). The largest absolute Gasteiger partial charge is 0.388 e. The minimum atomic E-state index is -0.844. The summed E-state index contributed by atoms with van der Waals surface area (Å²) in [6.45, 7) is 0.168. The van der Waals surface area contributed by atoms with Crippen LogP contribution in [0.15, 0.2) is 22.7 Å². The smallest absolute Gasteiger partial charge is 0.284 e. The molecule has 1 aromatic rings. The van der Waals surface area contributed by atoms with E-state index in [-0.39, 0.29) is 22.3 Å². The van der Waals surface area contributed by atoms with Crippen LogP contribution in [0.5, 0.6) is 0 Å². The molecule has 0 radical (unpaired) electrons. The van der Waals surface area contributed by atoms with Crippen molar-refractivity contribution >= 4 is 27.5 Å². The Morgan fingerprint density at radius 2 is 2.10 bits per heavy atom. The van der Waals surface area contributed by atoms with Crippen LogP contribution in [-0.2, 0) is 0 Å². The number of benzene rings is 1. The molecule has 1 aliphatic carbocycles. The number of carbonyl (C=O) groups is 1. The van der Waals surface area contributed by atoms with Crippen molar-refractivity contribution in [2.24, 2.45) is 0 Å². The topological polar surface area (TPSA) is 92.5 Å². The van der Waals surface area contributed by atoms with Crippen molar-refractivity contribution in [1.29, 1.82) is 0 Å². The average molecular weight is 343 g/mol. The van der Waals surface area contributed by atoms with Crippen molar-refractivity contribution in [2.45, 2.75) is 31.3 Å². The Balaban J connectivity index is 2.09. The van der Waals surface area contributed by atoms with Crippen LogP contribution in [0, 0.1) is 10.1 Å². The predicted molar refractivity (Wildman–Crippen MR) is 76.5 cm³/mol. The lowest BCUT2D eigenvalue weighted by Gasteiger charge is -2.22. The summed E-state index contributed by atoms with van der Waals surface area (Å²) in [5.41, 5.74) is -0.805. The number of amides is 1. The third-order valence-corrected chi connectivity index (χ3v) is 4.37. The van der Waals surface area contributed by atoms with Gasteiger partial charge in [0, 0.05) is 12.6 Å². The Hall–Kier alpha value is -1.47. The fourth-order valence-corrected chi connectivity index (χ4v) is 2.98. The highest BCUT2D eigenvalue weighted by Crippen LogP contribution is 2.30. The molecule has 6 nitrogen and oxygen atoms in total. The molecule has 0 aliphatic heterocycles. The summed E-state index contributed by atoms with van der Waals surface area (Å²) in [5.74, 6) is -0.430. The lowest BCUT2D eigenvalue weighted by atomic mass is 10.0. The molecule has 7 heteroatoms. The molecule has 20 heavy (non-hydrogen) atoms. The van der Waals surface area contributed by atoms with Gasteiger partial charge in [0.15, 0.2) is 0 Å². The third kappa shape index (κ3) is 3.16. The van der Waals surface area contributed by atoms with E-state index in [0.29, 0.717) is 12.8 Å². The van der Waals surface area contributed by atoms with Crippen molar-refractivity contribution in [3.63, 3.8) is 0 Å². The zero-order valence-corrected chi connectivity index (χ0v) is 12.4. The lowest BCUT2D eigenvalue weighted by molar-refractivity contribution is -0.385. The Kier molecular flexibility index (Phi) is 4.39. The quantitative estimate of drug-likeness (QED) is 0.649. The Labute approximate surface area is 124 Å². The molecule has 1 fully saturated rings. The monoisotopic (exact) mass is 342 g/mol. The molecule has 0 heterocycles. The van der Waals surface area contributed by atoms with Crippen molar-refractivity contribution < 1.29 is 14.8 Å². The molecule has 0 aromatic heterocycles. The van der Waals surface area contributed by atoms with E-state index in [4.69, 9.17) is 0 Å². The molecule has 0 unspecified atom stereocenters. The van der Waals surface area contributed by atoms with E-state index in [9.17, 15) is 20.0 Å². The number of nitrogens with zero attached hydrogens (tertiary/aromatic N) is 1. The van der Waals surface area contributed by atoms with E-state index in [1.165, 1.54) is 18.2 Å². The maximum absolute atomic E-state index is 12.1. The Bertz CT molecular complexity index is 541. The van der Waals surface area contributed by atoms with Crippen LogP contribution < -0.4 is 5.32 Å². The van der Waals surface area contributed by atoms with Crippen LogP contribution in [0.25, 0.3) is 0 Å². The van der Waals surface area contributed by atoms with Crippen LogP contribution in [-0.4, -0.2) is 28.1 Å². The molecule has 1 aliphatic rings. The van der Waals surface area contributed by atoms with E-state index in [0.717, 1.165) is 12.8 Å². The van der Waals surface area contributed by atoms with Gasteiger partial charge in [-0.05, 0) is 34.8 Å². The summed E-state index contributed by atoms with van der Waals surface area (Å²) in [7, 11) is 0. The van der Waals surface area contributed by atoms with E-state index >= 15 is 0 Å². The maximum Gasteiger partial charge on any atom is 0.284 e. The minimum absolute atomic E-state index is 0.154. The molecule has 0 bridgehead atoms. The van der Waals surface area contributed by atoms with Gasteiger partial charge < -0.3 is 10.4 Å². The minimum Gasteiger partial charge on any atom is -0.388 e. The summed E-state index contributed by atoms with van der Waals surface area (Å²) in [6.07, 6.45) is 3.24. The lowest BCUT2D eigenvalue weighted by Crippen LogP contribution is -2.40. The van der Waals surface area contributed by atoms with Gasteiger partial charge in [0.1, 0.15) is 4.47 Å². The molecule has 108 valence electrons. The van der Waals surface area contributed by atoms with Gasteiger partial charge in [-0.15, -0.1) is 0 Å². The first-order chi connectivity index (χ1) is 9.43. The Morgan fingerprint density at radius 1 is 1.45 bits per heavy atom. The third-order valence-electron chi connectivity index (χ3n) is 3.53. The van der Waals surface area contributed by atoms with Gasteiger partial charge >= 0.3 is 0 Å². The highest BCUT2D eigenvalue weighted by Gasteiger charge is 2.31. The van der Waals surface area contributed by atoms with Crippen LogP contribution >= 0.6 is 15.9 Å². The number of hydrogen-bond acceptors (Lipinski definition) is 4. The molecule has 0 atom stereocenters. The van der Waals surface area contributed by atoms with Gasteiger partial charge in [0.2, 0.25) is 0 Å². The zero-order chi connectivity index (χ0) is 14.8. The summed E-state index contributed by atoms with van der Waals surface area (Å²) in [5, 5.41) is 23.6. The van der Waals surface area contributed by atoms with Crippen molar-refractivity contribution in [1.82, 2.24) is 5.32 Å². The van der Waals surface area contributed by atoms with Gasteiger partial charge in [-0.1, -0.05) is 18.9 Å². The van der Waals surface area contributed by atoms with E-state index in [1.54, 1.807) is 0 Å². The van der Waals surface area contributed by atoms with Crippen LogP contribution in [0.1, 0.15) is 36.0 Å². The molecule has 1 saturated carbocycles.